The fourth-order valence-corrected chi connectivity index (χ4v) is 3.74. The first kappa shape index (κ1) is 20.8. The van der Waals surface area contributed by atoms with E-state index in [1.54, 1.807) is 4.90 Å². The summed E-state index contributed by atoms with van der Waals surface area (Å²) in [7, 11) is 0. The summed E-state index contributed by atoms with van der Waals surface area (Å²) in [5.74, 6) is -2.09. The van der Waals surface area contributed by atoms with E-state index in [4.69, 9.17) is 4.74 Å². The summed E-state index contributed by atoms with van der Waals surface area (Å²) in [4.78, 5) is 49.7. The number of aryl methyl sites for hydroxylation is 1. The number of nitrogens with one attached hydrogen (secondary N) is 2. The number of hydrogen-bond donors (Lipinski definition) is 2. The molecule has 1 aliphatic heterocycles. The quantitative estimate of drug-likeness (QED) is 0.709. The predicted octanol–water partition coefficient (Wildman–Crippen LogP) is 1.91. The lowest BCUT2D eigenvalue weighted by molar-refractivity contribution is -0.152. The molecule has 1 aromatic rings. The summed E-state index contributed by atoms with van der Waals surface area (Å²) >= 11 is 0. The van der Waals surface area contributed by atoms with Crippen LogP contribution in [0.2, 0.25) is 0 Å². The molecule has 1 saturated heterocycles. The Hall–Kier alpha value is -2.90. The molecule has 1 heterocycles. The van der Waals surface area contributed by atoms with E-state index in [1.807, 2.05) is 24.3 Å². The van der Waals surface area contributed by atoms with Gasteiger partial charge >= 0.3 is 12.0 Å². The molecule has 0 spiro atoms. The highest BCUT2D eigenvalue weighted by atomic mass is 16.5. The smallest absolute Gasteiger partial charge is 0.321 e. The van der Waals surface area contributed by atoms with Crippen molar-refractivity contribution in [1.82, 2.24) is 10.6 Å². The predicted molar refractivity (Wildman–Crippen MR) is 106 cm³/mol. The van der Waals surface area contributed by atoms with Gasteiger partial charge in [-0.05, 0) is 37.0 Å². The zero-order chi connectivity index (χ0) is 20.8. The van der Waals surface area contributed by atoms with Crippen molar-refractivity contribution in [3.8, 4) is 0 Å². The van der Waals surface area contributed by atoms with Gasteiger partial charge in [-0.2, -0.15) is 0 Å². The third-order valence-electron chi connectivity index (χ3n) is 5.40. The molecule has 29 heavy (non-hydrogen) atoms. The van der Waals surface area contributed by atoms with E-state index < -0.39 is 30.4 Å². The first-order chi connectivity index (χ1) is 14.0. The highest BCUT2D eigenvalue weighted by Crippen LogP contribution is 2.26. The van der Waals surface area contributed by atoms with Gasteiger partial charge in [0, 0.05) is 24.7 Å². The third-order valence-corrected chi connectivity index (χ3v) is 5.40. The second-order valence-electron chi connectivity index (χ2n) is 7.54. The van der Waals surface area contributed by atoms with E-state index >= 15 is 0 Å². The Morgan fingerprint density at radius 3 is 2.48 bits per heavy atom. The molecule has 0 unspecified atom stereocenters. The highest BCUT2D eigenvalue weighted by molar-refractivity contribution is 6.00. The fraction of sp³-hybridized carbons (Fsp3) is 0.524. The third kappa shape index (κ3) is 5.56. The SMILES string of the molecule is CCc1ccc(N2C[C@H](C(=O)OCC(=O)NC(=O)NC3CCCC3)CC2=O)cc1. The molecule has 3 rings (SSSR count). The van der Waals surface area contributed by atoms with Crippen LogP contribution in [0.5, 0.6) is 0 Å². The maximum Gasteiger partial charge on any atom is 0.321 e. The van der Waals surface area contributed by atoms with E-state index in [9.17, 15) is 19.2 Å². The Morgan fingerprint density at radius 2 is 1.83 bits per heavy atom. The number of nitrogens with zero attached hydrogens (tertiary/aromatic N) is 1. The summed E-state index contributed by atoms with van der Waals surface area (Å²) in [6, 6.07) is 7.15. The Morgan fingerprint density at radius 1 is 1.14 bits per heavy atom. The summed E-state index contributed by atoms with van der Waals surface area (Å²) in [5, 5.41) is 4.89. The highest BCUT2D eigenvalue weighted by Gasteiger charge is 2.36. The molecule has 0 radical (unpaired) electrons. The monoisotopic (exact) mass is 401 g/mol. The Kier molecular flexibility index (Phi) is 6.85. The number of rotatable bonds is 6. The number of carbonyl (C=O) groups excluding carboxylic acids is 4. The maximum absolute atomic E-state index is 12.3. The Bertz CT molecular complexity index is 771. The molecule has 156 valence electrons. The van der Waals surface area contributed by atoms with Gasteiger partial charge < -0.3 is 15.0 Å². The van der Waals surface area contributed by atoms with E-state index in [1.165, 1.54) is 5.56 Å². The molecule has 1 aliphatic carbocycles. The van der Waals surface area contributed by atoms with Crippen molar-refractivity contribution >= 4 is 29.5 Å². The van der Waals surface area contributed by atoms with Gasteiger partial charge in [0.1, 0.15) is 0 Å². The maximum atomic E-state index is 12.3. The molecule has 4 amide bonds. The van der Waals surface area contributed by atoms with Crippen LogP contribution in [0, 0.1) is 5.92 Å². The molecule has 2 fully saturated rings. The first-order valence-corrected chi connectivity index (χ1v) is 10.1. The van der Waals surface area contributed by atoms with E-state index in [0.29, 0.717) is 0 Å². The minimum Gasteiger partial charge on any atom is -0.455 e. The average Bonchev–Trinajstić information content (AvgIpc) is 3.35. The van der Waals surface area contributed by atoms with Gasteiger partial charge in [0.05, 0.1) is 5.92 Å². The van der Waals surface area contributed by atoms with Crippen LogP contribution < -0.4 is 15.5 Å². The van der Waals surface area contributed by atoms with Crippen LogP contribution in [0.4, 0.5) is 10.5 Å². The minimum absolute atomic E-state index is 0.0398. The van der Waals surface area contributed by atoms with Gasteiger partial charge in [-0.3, -0.25) is 19.7 Å². The van der Waals surface area contributed by atoms with Crippen LogP contribution in [-0.4, -0.2) is 43.0 Å². The van der Waals surface area contributed by atoms with Crippen LogP contribution in [-0.2, 0) is 25.5 Å². The summed E-state index contributed by atoms with van der Waals surface area (Å²) < 4.78 is 5.02. The van der Waals surface area contributed by atoms with Crippen LogP contribution in [0.15, 0.2) is 24.3 Å². The molecular weight excluding hydrogens is 374 g/mol. The lowest BCUT2D eigenvalue weighted by Crippen LogP contribution is -2.45. The number of anilines is 1. The molecule has 8 nitrogen and oxygen atoms in total. The molecular formula is C21H27N3O5. The summed E-state index contributed by atoms with van der Waals surface area (Å²) in [6.07, 6.45) is 4.89. The number of urea groups is 1. The van der Waals surface area contributed by atoms with Gasteiger partial charge in [0.2, 0.25) is 5.91 Å². The van der Waals surface area contributed by atoms with E-state index in [-0.39, 0.29) is 24.9 Å². The zero-order valence-corrected chi connectivity index (χ0v) is 16.6. The lowest BCUT2D eigenvalue weighted by Gasteiger charge is -2.17. The summed E-state index contributed by atoms with van der Waals surface area (Å²) in [6.45, 7) is 1.72. The minimum atomic E-state index is -0.690. The molecule has 8 heteroatoms. The van der Waals surface area contributed by atoms with Crippen molar-refractivity contribution < 1.29 is 23.9 Å². The van der Waals surface area contributed by atoms with Crippen LogP contribution >= 0.6 is 0 Å². The molecule has 2 N–H and O–H groups in total. The topological polar surface area (TPSA) is 105 Å². The number of amides is 4. The van der Waals surface area contributed by atoms with Gasteiger partial charge in [0.15, 0.2) is 6.61 Å². The number of imide groups is 1. The standard InChI is InChI=1S/C21H27N3O5/c1-2-14-7-9-17(10-8-14)24-12-15(11-19(24)26)20(27)29-13-18(25)23-21(28)22-16-5-3-4-6-16/h7-10,15-16H,2-6,11-13H2,1H3,(H2,22,23,25,28)/t15-/m1/s1. The van der Waals surface area contributed by atoms with Crippen molar-refractivity contribution in [2.75, 3.05) is 18.1 Å². The number of esters is 1. The van der Waals surface area contributed by atoms with Crippen molar-refractivity contribution in [1.29, 1.82) is 0 Å². The zero-order valence-electron chi connectivity index (χ0n) is 16.6. The fourth-order valence-electron chi connectivity index (χ4n) is 3.74. The van der Waals surface area contributed by atoms with Gasteiger partial charge in [0.25, 0.3) is 5.91 Å². The second-order valence-corrected chi connectivity index (χ2v) is 7.54. The first-order valence-electron chi connectivity index (χ1n) is 10.1. The molecule has 0 aromatic heterocycles. The number of benzene rings is 1. The van der Waals surface area contributed by atoms with Crippen LogP contribution in [0.3, 0.4) is 0 Å². The molecule has 0 bridgehead atoms. The van der Waals surface area contributed by atoms with Crippen LogP contribution in [0.1, 0.15) is 44.6 Å². The number of carbonyl (C=O) groups is 4. The van der Waals surface area contributed by atoms with Gasteiger partial charge in [-0.25, -0.2) is 4.79 Å². The van der Waals surface area contributed by atoms with E-state index in [2.05, 4.69) is 17.6 Å². The Labute approximate surface area is 170 Å². The lowest BCUT2D eigenvalue weighted by atomic mass is 10.1. The molecule has 1 saturated carbocycles. The van der Waals surface area contributed by atoms with Crippen molar-refractivity contribution in [2.45, 2.75) is 51.5 Å². The van der Waals surface area contributed by atoms with Gasteiger partial charge in [-0.1, -0.05) is 31.9 Å². The van der Waals surface area contributed by atoms with Crippen LogP contribution in [0.25, 0.3) is 0 Å². The van der Waals surface area contributed by atoms with E-state index in [0.717, 1.165) is 37.8 Å². The second kappa shape index (κ2) is 9.54. The molecule has 1 aromatic carbocycles. The van der Waals surface area contributed by atoms with Crippen molar-refractivity contribution in [3.05, 3.63) is 29.8 Å². The van der Waals surface area contributed by atoms with Crippen molar-refractivity contribution in [3.63, 3.8) is 0 Å². The van der Waals surface area contributed by atoms with Crippen molar-refractivity contribution in [2.24, 2.45) is 5.92 Å². The molecule has 1 atom stereocenters. The average molecular weight is 401 g/mol. The normalized spacial score (nSPS) is 19.3. The molecule has 2 aliphatic rings. The largest absolute Gasteiger partial charge is 0.455 e. The Balaban J connectivity index is 1.43. The number of hydrogen-bond acceptors (Lipinski definition) is 5. The number of ether oxygens (including phenoxy) is 1. The summed E-state index contributed by atoms with van der Waals surface area (Å²) in [5.41, 5.74) is 1.91. The van der Waals surface area contributed by atoms with Gasteiger partial charge in [-0.15, -0.1) is 0 Å².